The first kappa shape index (κ1) is 53.8. The second-order valence-corrected chi connectivity index (χ2v) is 28.5. The number of halogens is 1. The molecule has 0 atom stereocenters. The zero-order valence-corrected chi connectivity index (χ0v) is 44.1. The average Bonchev–Trinajstić information content (AvgIpc) is 3.32. The fourth-order valence-corrected chi connectivity index (χ4v) is 23.5. The summed E-state index contributed by atoms with van der Waals surface area (Å²) in [5.41, 5.74) is 6.22. The first-order valence-corrected chi connectivity index (χ1v) is 31.1. The van der Waals surface area contributed by atoms with E-state index in [1.165, 1.54) is 193 Å². The van der Waals surface area contributed by atoms with Crippen LogP contribution in [-0.4, -0.2) is 34.0 Å². The molecule has 6 fully saturated rings. The van der Waals surface area contributed by atoms with E-state index in [0.717, 1.165) is 34.0 Å². The van der Waals surface area contributed by atoms with Gasteiger partial charge >= 0.3 is 22.4 Å². The molecule has 0 aromatic heterocycles. The molecule has 0 saturated heterocycles. The Balaban J connectivity index is 0.000000168. The quantitative estimate of drug-likeness (QED) is 0.158. The number of rotatable bonds is 9. The van der Waals surface area contributed by atoms with Gasteiger partial charge in [-0.05, 0) is 127 Å². The molecule has 6 aliphatic carbocycles. The van der Waals surface area contributed by atoms with Gasteiger partial charge in [0.05, 0.1) is 0 Å². The van der Waals surface area contributed by atoms with Gasteiger partial charge in [0.25, 0.3) is 0 Å². The molecule has 354 valence electrons. The van der Waals surface area contributed by atoms with Crippen LogP contribution in [0.3, 0.4) is 0 Å². The monoisotopic (exact) mass is 1120 g/mol. The van der Waals surface area contributed by atoms with Crippen molar-refractivity contribution in [1.29, 1.82) is 0 Å². The second-order valence-electron chi connectivity index (χ2n) is 19.4. The summed E-state index contributed by atoms with van der Waals surface area (Å²) in [6.07, 6.45) is 44.9. The molecule has 9 heteroatoms. The molecule has 6 saturated carbocycles. The van der Waals surface area contributed by atoms with Gasteiger partial charge in [-0.3, -0.25) is 0 Å². The summed E-state index contributed by atoms with van der Waals surface area (Å²) in [7, 11) is -4.62. The van der Waals surface area contributed by atoms with Gasteiger partial charge in [0, 0.05) is 0 Å². The third-order valence-corrected chi connectivity index (χ3v) is 25.5. The fourth-order valence-electron chi connectivity index (χ4n) is 12.1. The van der Waals surface area contributed by atoms with E-state index in [-0.39, 0.29) is 46.1 Å². The average molecular weight is 1120 g/mol. The van der Waals surface area contributed by atoms with Crippen molar-refractivity contribution in [1.82, 2.24) is 0 Å². The largest absolute Gasteiger partial charge is 1.00 e. The van der Waals surface area contributed by atoms with Crippen molar-refractivity contribution in [2.45, 2.75) is 227 Å². The third-order valence-electron chi connectivity index (χ3n) is 15.0. The van der Waals surface area contributed by atoms with Gasteiger partial charge in [0.1, 0.15) is 0 Å². The molecule has 6 aliphatic rings. The Kier molecular flexibility index (Phi) is 25.9. The van der Waals surface area contributed by atoms with Crippen molar-refractivity contribution < 1.29 is 51.3 Å². The molecule has 0 heterocycles. The van der Waals surface area contributed by atoms with Crippen LogP contribution in [0.2, 0.25) is 0 Å². The molecule has 3 aromatic carbocycles. The summed E-state index contributed by atoms with van der Waals surface area (Å²) in [6, 6.07) is 34.7. The predicted molar refractivity (Wildman–Crippen MR) is 260 cm³/mol. The van der Waals surface area contributed by atoms with Crippen LogP contribution in [-0.2, 0) is 22.4 Å². The molecule has 0 radical (unpaired) electrons. The van der Waals surface area contributed by atoms with E-state index in [0.29, 0.717) is 0 Å². The first-order valence-electron chi connectivity index (χ1n) is 25.5. The SMILES string of the molecule is [Au+].[O-][Cl+3]([O-])([O-])[O-].c1ccc(P(C2CCCCC2)C2CCCCC2)cc1.c1ccc(P(C2CCCCC2)C2CCCCC2)cc1.c1ccc(P(C2CCCCC2)C2CCCCC2)cc1. The molecule has 4 nitrogen and oxygen atoms in total. The van der Waals surface area contributed by atoms with Crippen LogP contribution in [0.25, 0.3) is 0 Å². The van der Waals surface area contributed by atoms with Gasteiger partial charge in [0.2, 0.25) is 0 Å². The third kappa shape index (κ3) is 19.0. The van der Waals surface area contributed by atoms with Crippen LogP contribution in [0, 0.1) is 10.2 Å². The molecule has 0 amide bonds. The maximum Gasteiger partial charge on any atom is 1.00 e. The van der Waals surface area contributed by atoms with Gasteiger partial charge in [-0.2, -0.15) is 0 Å². The van der Waals surface area contributed by atoms with E-state index in [9.17, 15) is 0 Å². The topological polar surface area (TPSA) is 92.2 Å². The zero-order valence-electron chi connectivity index (χ0n) is 38.5. The second kappa shape index (κ2) is 30.3. The van der Waals surface area contributed by atoms with Crippen molar-refractivity contribution in [3.05, 3.63) is 91.0 Å². The molecule has 0 aliphatic heterocycles. The Hall–Kier alpha value is -0.180. The van der Waals surface area contributed by atoms with Crippen molar-refractivity contribution in [2.24, 2.45) is 0 Å². The van der Waals surface area contributed by atoms with E-state index in [2.05, 4.69) is 91.0 Å². The zero-order chi connectivity index (χ0) is 43.2. The van der Waals surface area contributed by atoms with Gasteiger partial charge in [-0.25, -0.2) is 18.6 Å². The summed E-state index contributed by atoms with van der Waals surface area (Å²) >= 11 is 0. The molecule has 0 N–H and O–H groups in total. The molecule has 0 bridgehead atoms. The first-order chi connectivity index (χ1) is 30.3. The van der Waals surface area contributed by atoms with Crippen LogP contribution in [0.4, 0.5) is 0 Å². The Morgan fingerprint density at radius 2 is 0.413 bits per heavy atom. The molecule has 63 heavy (non-hydrogen) atoms. The number of hydrogen-bond acceptors (Lipinski definition) is 4. The van der Waals surface area contributed by atoms with Crippen LogP contribution >= 0.6 is 23.8 Å². The van der Waals surface area contributed by atoms with Crippen molar-refractivity contribution in [3.63, 3.8) is 0 Å². The molecular weight excluding hydrogens is 1040 g/mol. The van der Waals surface area contributed by atoms with E-state index < -0.39 is 10.2 Å². The van der Waals surface area contributed by atoms with Crippen molar-refractivity contribution >= 4 is 39.7 Å². The smallest absolute Gasteiger partial charge is 0.222 e. The Labute approximate surface area is 405 Å². The van der Waals surface area contributed by atoms with Crippen LogP contribution in [0.15, 0.2) is 91.0 Å². The normalized spacial score (nSPS) is 21.6. The minimum absolute atomic E-state index is 0. The van der Waals surface area contributed by atoms with E-state index in [4.69, 9.17) is 18.6 Å². The molecule has 3 aromatic rings. The molecular formula is C54H81AuClO4P3. The van der Waals surface area contributed by atoms with E-state index >= 15 is 0 Å². The minimum atomic E-state index is -4.94. The van der Waals surface area contributed by atoms with Crippen molar-refractivity contribution in [2.75, 3.05) is 0 Å². The predicted octanol–water partition coefficient (Wildman–Crippen LogP) is 11.6. The van der Waals surface area contributed by atoms with Gasteiger partial charge in [-0.1, -0.05) is 230 Å². The summed E-state index contributed by atoms with van der Waals surface area (Å²) in [4.78, 5) is 0. The Morgan fingerprint density at radius 3 is 0.556 bits per heavy atom. The van der Waals surface area contributed by atoms with Crippen LogP contribution in [0.5, 0.6) is 0 Å². The molecule has 0 unspecified atom stereocenters. The van der Waals surface area contributed by atoms with E-state index in [1.54, 1.807) is 15.9 Å². The fraction of sp³-hybridized carbons (Fsp3) is 0.667. The summed E-state index contributed by atoms with van der Waals surface area (Å²) < 4.78 is 34.0. The Morgan fingerprint density at radius 1 is 0.270 bits per heavy atom. The standard InChI is InChI=1S/3C18H27P.Au.ClHO4/c3*1-4-10-16(11-5-1)19(17-12-6-2-7-13-17)18-14-8-3-9-15-18;;2-1(3,4)5/h3*1,4-5,10-11,17-18H,2-3,6-9,12-15H2;;(H,2,3,4,5)/q;;;+1;/p-1. The Bertz CT molecular complexity index is 1330. The number of benzene rings is 3. The molecule has 0 spiro atoms. The summed E-state index contributed by atoms with van der Waals surface area (Å²) in [5.74, 6) is 0. The molecule has 9 rings (SSSR count). The van der Waals surface area contributed by atoms with Gasteiger partial charge in [-0.15, -0.1) is 10.2 Å². The summed E-state index contributed by atoms with van der Waals surface area (Å²) in [5, 5.41) is 5.11. The van der Waals surface area contributed by atoms with Crippen molar-refractivity contribution in [3.8, 4) is 0 Å². The van der Waals surface area contributed by atoms with Crippen LogP contribution < -0.4 is 34.5 Å². The van der Waals surface area contributed by atoms with Gasteiger partial charge in [0.15, 0.2) is 0 Å². The summed E-state index contributed by atoms with van der Waals surface area (Å²) in [6.45, 7) is 0. The maximum atomic E-state index is 8.49. The van der Waals surface area contributed by atoms with Crippen LogP contribution in [0.1, 0.15) is 193 Å². The minimum Gasteiger partial charge on any atom is -0.222 e. The van der Waals surface area contributed by atoms with E-state index in [1.807, 2.05) is 0 Å². The van der Waals surface area contributed by atoms with Gasteiger partial charge < -0.3 is 0 Å². The number of hydrogen-bond donors (Lipinski definition) is 0. The maximum absolute atomic E-state index is 8.49.